The molecule has 4 nitrogen and oxygen atoms in total. The van der Waals surface area contributed by atoms with Gasteiger partial charge >= 0.3 is 0 Å². The van der Waals surface area contributed by atoms with Gasteiger partial charge in [0.25, 0.3) is 0 Å². The lowest BCUT2D eigenvalue weighted by atomic mass is 10.2. The lowest BCUT2D eigenvalue weighted by Gasteiger charge is -2.16. The summed E-state index contributed by atoms with van der Waals surface area (Å²) in [7, 11) is 0. The Balaban J connectivity index is 1.60. The van der Waals surface area contributed by atoms with Crippen LogP contribution in [0, 0.1) is 0 Å². The highest BCUT2D eigenvalue weighted by Gasteiger charge is 2.13. The molecule has 0 bridgehead atoms. The van der Waals surface area contributed by atoms with E-state index >= 15 is 0 Å². The number of benzene rings is 1. The molecule has 3 aromatic rings. The smallest absolute Gasteiger partial charge is 0.185 e. The highest BCUT2D eigenvalue weighted by atomic mass is 32.1. The van der Waals surface area contributed by atoms with Gasteiger partial charge in [-0.15, -0.1) is 22.7 Å². The van der Waals surface area contributed by atoms with E-state index in [0.717, 1.165) is 35.5 Å². The fourth-order valence-corrected chi connectivity index (χ4v) is 4.44. The van der Waals surface area contributed by atoms with Crippen LogP contribution in [0.5, 0.6) is 0 Å². The van der Waals surface area contributed by atoms with Gasteiger partial charge in [0.1, 0.15) is 5.01 Å². The van der Waals surface area contributed by atoms with E-state index in [0.29, 0.717) is 0 Å². The van der Waals surface area contributed by atoms with E-state index in [-0.39, 0.29) is 6.04 Å². The summed E-state index contributed by atoms with van der Waals surface area (Å²) in [6, 6.07) is 10.6. The zero-order valence-electron chi connectivity index (χ0n) is 14.9. The number of rotatable bonds is 8. The van der Waals surface area contributed by atoms with Crippen molar-refractivity contribution >= 4 is 27.8 Å². The number of hydrogen-bond acceptors (Lipinski definition) is 6. The van der Waals surface area contributed by atoms with Gasteiger partial charge in [-0.2, -0.15) is 0 Å². The Kier molecular flexibility index (Phi) is 6.18. The van der Waals surface area contributed by atoms with Crippen molar-refractivity contribution in [2.45, 2.75) is 33.4 Å². The Bertz CT molecular complexity index is 778. The van der Waals surface area contributed by atoms with Gasteiger partial charge in [-0.05, 0) is 20.8 Å². The molecule has 0 saturated carbocycles. The summed E-state index contributed by atoms with van der Waals surface area (Å²) in [4.78, 5) is 12.9. The second kappa shape index (κ2) is 8.56. The minimum atomic E-state index is 0.224. The molecule has 2 aromatic heterocycles. The molecule has 1 unspecified atom stereocenters. The van der Waals surface area contributed by atoms with Crippen molar-refractivity contribution in [3.8, 4) is 11.3 Å². The second-order valence-electron chi connectivity index (χ2n) is 5.82. The Morgan fingerprint density at radius 2 is 1.92 bits per heavy atom. The molecule has 1 N–H and O–H groups in total. The first-order valence-electron chi connectivity index (χ1n) is 8.65. The standard InChI is InChI=1S/C19H24N4S2/c1-4-23(5-2)19-21-12-16(25-19)11-20-14(3)18-22-17(13-24-18)15-9-7-6-8-10-15/h6-10,12-14,20H,4-5,11H2,1-3H3. The number of nitrogens with zero attached hydrogens (tertiary/aromatic N) is 3. The van der Waals surface area contributed by atoms with Gasteiger partial charge in [0.15, 0.2) is 5.13 Å². The van der Waals surface area contributed by atoms with Gasteiger partial charge in [-0.25, -0.2) is 9.97 Å². The molecule has 0 aliphatic rings. The van der Waals surface area contributed by atoms with E-state index in [2.05, 4.69) is 53.5 Å². The predicted molar refractivity (Wildman–Crippen MR) is 108 cm³/mol. The van der Waals surface area contributed by atoms with Gasteiger partial charge in [-0.3, -0.25) is 0 Å². The van der Waals surface area contributed by atoms with Crippen LogP contribution in [0.2, 0.25) is 0 Å². The zero-order valence-corrected chi connectivity index (χ0v) is 16.5. The number of hydrogen-bond donors (Lipinski definition) is 1. The molecule has 0 aliphatic carbocycles. The molecule has 0 aliphatic heterocycles. The summed E-state index contributed by atoms with van der Waals surface area (Å²) in [6.45, 7) is 9.30. The highest BCUT2D eigenvalue weighted by molar-refractivity contribution is 7.15. The van der Waals surface area contributed by atoms with Crippen LogP contribution in [0.15, 0.2) is 41.9 Å². The number of anilines is 1. The predicted octanol–water partition coefficient (Wildman–Crippen LogP) is 4.96. The molecule has 1 aromatic carbocycles. The van der Waals surface area contributed by atoms with E-state index < -0.39 is 0 Å². The van der Waals surface area contributed by atoms with E-state index in [1.165, 1.54) is 10.4 Å². The summed E-state index contributed by atoms with van der Waals surface area (Å²) < 4.78 is 0. The molecule has 0 saturated heterocycles. The minimum absolute atomic E-state index is 0.224. The maximum absolute atomic E-state index is 4.79. The average molecular weight is 373 g/mol. The zero-order chi connectivity index (χ0) is 17.6. The Hall–Kier alpha value is -1.76. The molecular formula is C19H24N4S2. The Morgan fingerprint density at radius 3 is 2.64 bits per heavy atom. The summed E-state index contributed by atoms with van der Waals surface area (Å²) in [5, 5.41) is 7.93. The molecule has 132 valence electrons. The lowest BCUT2D eigenvalue weighted by molar-refractivity contribution is 0.576. The van der Waals surface area contributed by atoms with E-state index in [9.17, 15) is 0 Å². The van der Waals surface area contributed by atoms with Crippen molar-refractivity contribution in [2.24, 2.45) is 0 Å². The number of nitrogens with one attached hydrogen (secondary N) is 1. The van der Waals surface area contributed by atoms with Crippen LogP contribution < -0.4 is 10.2 Å². The van der Waals surface area contributed by atoms with Crippen molar-refractivity contribution in [1.29, 1.82) is 0 Å². The second-order valence-corrected chi connectivity index (χ2v) is 7.80. The van der Waals surface area contributed by atoms with Crippen LogP contribution in [-0.4, -0.2) is 23.1 Å². The minimum Gasteiger partial charge on any atom is -0.349 e. The van der Waals surface area contributed by atoms with Crippen LogP contribution in [0.25, 0.3) is 11.3 Å². The molecule has 0 fully saturated rings. The highest BCUT2D eigenvalue weighted by Crippen LogP contribution is 2.26. The molecule has 1 atom stereocenters. The summed E-state index contributed by atoms with van der Waals surface area (Å²) in [5.74, 6) is 0. The van der Waals surface area contributed by atoms with Crippen LogP contribution in [0.1, 0.15) is 36.7 Å². The van der Waals surface area contributed by atoms with E-state index in [4.69, 9.17) is 4.98 Å². The monoisotopic (exact) mass is 372 g/mol. The van der Waals surface area contributed by atoms with Crippen molar-refractivity contribution in [3.05, 3.63) is 51.8 Å². The fourth-order valence-electron chi connectivity index (χ4n) is 2.59. The normalized spacial score (nSPS) is 12.3. The third-order valence-corrected chi connectivity index (χ3v) is 6.21. The lowest BCUT2D eigenvalue weighted by Crippen LogP contribution is -2.21. The average Bonchev–Trinajstić information content (AvgIpc) is 3.32. The Morgan fingerprint density at radius 1 is 1.16 bits per heavy atom. The van der Waals surface area contributed by atoms with E-state index in [1.54, 1.807) is 22.7 Å². The molecule has 0 spiro atoms. The van der Waals surface area contributed by atoms with E-state index in [1.807, 2.05) is 24.4 Å². The molecule has 3 rings (SSSR count). The SMILES string of the molecule is CCN(CC)c1ncc(CNC(C)c2nc(-c3ccccc3)cs2)s1. The first-order valence-corrected chi connectivity index (χ1v) is 10.3. The molecule has 0 radical (unpaired) electrons. The van der Waals surface area contributed by atoms with Crippen LogP contribution in [0.4, 0.5) is 5.13 Å². The third kappa shape index (κ3) is 4.45. The van der Waals surface area contributed by atoms with Crippen molar-refractivity contribution in [3.63, 3.8) is 0 Å². The largest absolute Gasteiger partial charge is 0.349 e. The summed E-state index contributed by atoms with van der Waals surface area (Å²) >= 11 is 3.48. The van der Waals surface area contributed by atoms with Gasteiger partial charge < -0.3 is 10.2 Å². The van der Waals surface area contributed by atoms with Gasteiger partial charge in [0.2, 0.25) is 0 Å². The fraction of sp³-hybridized carbons (Fsp3) is 0.368. The van der Waals surface area contributed by atoms with Crippen LogP contribution in [0.3, 0.4) is 0 Å². The van der Waals surface area contributed by atoms with Crippen LogP contribution >= 0.6 is 22.7 Å². The number of thiazole rings is 2. The van der Waals surface area contributed by atoms with Crippen molar-refractivity contribution in [2.75, 3.05) is 18.0 Å². The van der Waals surface area contributed by atoms with Gasteiger partial charge in [0, 0.05) is 41.7 Å². The van der Waals surface area contributed by atoms with Gasteiger partial charge in [0.05, 0.1) is 11.7 Å². The molecule has 6 heteroatoms. The molecule has 25 heavy (non-hydrogen) atoms. The van der Waals surface area contributed by atoms with Gasteiger partial charge in [-0.1, -0.05) is 30.3 Å². The first-order chi connectivity index (χ1) is 12.2. The molecule has 0 amide bonds. The molecular weight excluding hydrogens is 348 g/mol. The van der Waals surface area contributed by atoms with Crippen LogP contribution in [-0.2, 0) is 6.54 Å². The Labute approximate surface area is 157 Å². The topological polar surface area (TPSA) is 41.1 Å². The number of aromatic nitrogens is 2. The summed E-state index contributed by atoms with van der Waals surface area (Å²) in [5.41, 5.74) is 2.22. The maximum atomic E-state index is 4.79. The maximum Gasteiger partial charge on any atom is 0.185 e. The third-order valence-electron chi connectivity index (χ3n) is 4.12. The summed E-state index contributed by atoms with van der Waals surface area (Å²) in [6.07, 6.45) is 1.98. The molecule has 2 heterocycles. The van der Waals surface area contributed by atoms with Crippen molar-refractivity contribution in [1.82, 2.24) is 15.3 Å². The van der Waals surface area contributed by atoms with Crippen molar-refractivity contribution < 1.29 is 0 Å². The quantitative estimate of drug-likeness (QED) is 0.606. The first kappa shape index (κ1) is 18.0.